The molecule has 1 aliphatic heterocycles. The largest absolute Gasteiger partial charge is 0.354 e. The Kier molecular flexibility index (Phi) is 6.02. The predicted octanol–water partition coefficient (Wildman–Crippen LogP) is 2.11. The second-order valence-electron chi connectivity index (χ2n) is 6.04. The lowest BCUT2D eigenvalue weighted by atomic mass is 9.96. The van der Waals surface area contributed by atoms with Crippen LogP contribution in [-0.4, -0.2) is 46.7 Å². The van der Waals surface area contributed by atoms with Crippen LogP contribution in [0.5, 0.6) is 0 Å². The lowest BCUT2D eigenvalue weighted by Crippen LogP contribution is -2.39. The van der Waals surface area contributed by atoms with Gasteiger partial charge in [0.05, 0.1) is 5.56 Å². The summed E-state index contributed by atoms with van der Waals surface area (Å²) >= 11 is 1.47. The molecule has 2 aromatic rings. The third kappa shape index (κ3) is 4.11. The van der Waals surface area contributed by atoms with Gasteiger partial charge >= 0.3 is 0 Å². The van der Waals surface area contributed by atoms with Crippen LogP contribution < -0.4 is 10.2 Å². The predicted molar refractivity (Wildman–Crippen MR) is 100 cm³/mol. The van der Waals surface area contributed by atoms with E-state index < -0.39 is 0 Å². The zero-order chi connectivity index (χ0) is 18.4. The van der Waals surface area contributed by atoms with Gasteiger partial charge in [-0.15, -0.1) is 11.8 Å². The summed E-state index contributed by atoms with van der Waals surface area (Å²) in [5.41, 5.74) is 0.982. The Morgan fingerprint density at radius 3 is 2.81 bits per heavy atom. The van der Waals surface area contributed by atoms with Crippen LogP contribution >= 0.6 is 11.8 Å². The van der Waals surface area contributed by atoms with Crippen molar-refractivity contribution in [1.29, 1.82) is 5.26 Å². The van der Waals surface area contributed by atoms with Gasteiger partial charge in [-0.3, -0.25) is 4.79 Å². The molecule has 0 aromatic carbocycles. The van der Waals surface area contributed by atoms with E-state index in [1.165, 1.54) is 18.0 Å². The third-order valence-corrected chi connectivity index (χ3v) is 5.17. The highest BCUT2D eigenvalue weighted by atomic mass is 32.2. The quantitative estimate of drug-likeness (QED) is 0.808. The van der Waals surface area contributed by atoms with Gasteiger partial charge in [0.1, 0.15) is 11.1 Å². The van der Waals surface area contributed by atoms with Crippen molar-refractivity contribution in [3.05, 3.63) is 42.0 Å². The molecule has 0 radical (unpaired) electrons. The number of carbonyl (C=O) groups excluding carboxylic acids is 1. The van der Waals surface area contributed by atoms with Gasteiger partial charge < -0.3 is 10.2 Å². The Morgan fingerprint density at radius 2 is 2.08 bits per heavy atom. The zero-order valence-corrected chi connectivity index (χ0v) is 15.4. The Morgan fingerprint density at radius 1 is 1.31 bits per heavy atom. The van der Waals surface area contributed by atoms with E-state index in [9.17, 15) is 4.79 Å². The molecule has 1 fully saturated rings. The zero-order valence-electron chi connectivity index (χ0n) is 14.6. The summed E-state index contributed by atoms with van der Waals surface area (Å²) in [6.45, 7) is 2.24. The highest BCUT2D eigenvalue weighted by Gasteiger charge is 2.23. The van der Waals surface area contributed by atoms with E-state index in [0.717, 1.165) is 31.0 Å². The molecule has 0 saturated carbocycles. The van der Waals surface area contributed by atoms with E-state index in [4.69, 9.17) is 5.26 Å². The minimum Gasteiger partial charge on any atom is -0.354 e. The Bertz CT molecular complexity index is 813. The van der Waals surface area contributed by atoms with Crippen LogP contribution in [0.3, 0.4) is 0 Å². The summed E-state index contributed by atoms with van der Waals surface area (Å²) < 4.78 is 0. The van der Waals surface area contributed by atoms with Crippen LogP contribution in [0.1, 0.15) is 28.9 Å². The average Bonchev–Trinajstić information content (AvgIpc) is 2.72. The van der Waals surface area contributed by atoms with Crippen molar-refractivity contribution in [1.82, 2.24) is 20.3 Å². The number of nitriles is 1. The maximum atomic E-state index is 12.4. The molecule has 0 aliphatic carbocycles. The molecule has 0 unspecified atom stereocenters. The van der Waals surface area contributed by atoms with Crippen molar-refractivity contribution in [3.8, 4) is 6.07 Å². The molecule has 1 N–H and O–H groups in total. The first-order valence-corrected chi connectivity index (χ1v) is 9.68. The number of thioether (sulfide) groups is 1. The first-order valence-electron chi connectivity index (χ1n) is 8.46. The molecule has 0 atom stereocenters. The Balaban J connectivity index is 1.53. The van der Waals surface area contributed by atoms with Gasteiger partial charge in [-0.1, -0.05) is 0 Å². The number of hydrogen-bond acceptors (Lipinski definition) is 7. The smallest absolute Gasteiger partial charge is 0.254 e. The standard InChI is InChI=1S/C18H20N6OS/c1-26-18-14(3-2-6-22-18)17(25)23-12-13-4-9-24(10-5-13)16-15(11-19)20-7-8-21-16/h2-3,6-8,13H,4-5,9-10,12H2,1H3,(H,23,25). The van der Waals surface area contributed by atoms with Crippen molar-refractivity contribution >= 4 is 23.5 Å². The Labute approximate surface area is 156 Å². The molecule has 2 aromatic heterocycles. The van der Waals surface area contributed by atoms with Gasteiger partial charge in [-0.25, -0.2) is 15.0 Å². The monoisotopic (exact) mass is 368 g/mol. The fourth-order valence-corrected chi connectivity index (χ4v) is 3.60. The normalized spacial score (nSPS) is 14.7. The van der Waals surface area contributed by atoms with Crippen LogP contribution in [-0.2, 0) is 0 Å². The molecular weight excluding hydrogens is 348 g/mol. The molecule has 134 valence electrons. The number of rotatable bonds is 5. The van der Waals surface area contributed by atoms with Crippen LogP contribution in [0.25, 0.3) is 0 Å². The van der Waals surface area contributed by atoms with Crippen LogP contribution in [0, 0.1) is 17.2 Å². The van der Waals surface area contributed by atoms with E-state index >= 15 is 0 Å². The van der Waals surface area contributed by atoms with Crippen molar-refractivity contribution in [3.63, 3.8) is 0 Å². The topological polar surface area (TPSA) is 94.8 Å². The fraction of sp³-hybridized carbons (Fsp3) is 0.389. The number of carbonyl (C=O) groups is 1. The summed E-state index contributed by atoms with van der Waals surface area (Å²) in [6, 6.07) is 5.67. The number of anilines is 1. The molecule has 1 aliphatic rings. The minimum absolute atomic E-state index is 0.0782. The summed E-state index contributed by atoms with van der Waals surface area (Å²) in [6.07, 6.45) is 8.62. The summed E-state index contributed by atoms with van der Waals surface area (Å²) in [4.78, 5) is 27.1. The molecule has 3 heterocycles. The second kappa shape index (κ2) is 8.63. The SMILES string of the molecule is CSc1ncccc1C(=O)NCC1CCN(c2nccnc2C#N)CC1. The molecule has 26 heavy (non-hydrogen) atoms. The lowest BCUT2D eigenvalue weighted by molar-refractivity contribution is 0.0941. The maximum Gasteiger partial charge on any atom is 0.254 e. The lowest BCUT2D eigenvalue weighted by Gasteiger charge is -2.32. The van der Waals surface area contributed by atoms with E-state index in [-0.39, 0.29) is 5.91 Å². The first-order chi connectivity index (χ1) is 12.7. The van der Waals surface area contributed by atoms with Crippen molar-refractivity contribution in [2.24, 2.45) is 5.92 Å². The molecule has 1 saturated heterocycles. The molecule has 8 heteroatoms. The van der Waals surface area contributed by atoms with E-state index in [2.05, 4.69) is 31.2 Å². The number of hydrogen-bond donors (Lipinski definition) is 1. The Hall–Kier alpha value is -2.66. The van der Waals surface area contributed by atoms with Gasteiger partial charge in [0.2, 0.25) is 0 Å². The van der Waals surface area contributed by atoms with Gasteiger partial charge in [0, 0.05) is 38.2 Å². The summed E-state index contributed by atoms with van der Waals surface area (Å²) in [5.74, 6) is 0.981. The molecule has 7 nitrogen and oxygen atoms in total. The molecular formula is C18H20N6OS. The number of nitrogens with one attached hydrogen (secondary N) is 1. The van der Waals surface area contributed by atoms with Gasteiger partial charge in [-0.05, 0) is 37.1 Å². The molecule has 1 amide bonds. The number of amides is 1. The van der Waals surface area contributed by atoms with E-state index in [1.54, 1.807) is 24.5 Å². The van der Waals surface area contributed by atoms with Crippen LogP contribution in [0.15, 0.2) is 35.7 Å². The van der Waals surface area contributed by atoms with Crippen molar-refractivity contribution < 1.29 is 4.79 Å². The van der Waals surface area contributed by atoms with E-state index in [1.807, 2.05) is 6.26 Å². The number of nitrogens with zero attached hydrogens (tertiary/aromatic N) is 5. The van der Waals surface area contributed by atoms with Crippen LogP contribution in [0.2, 0.25) is 0 Å². The highest BCUT2D eigenvalue weighted by molar-refractivity contribution is 7.98. The van der Waals surface area contributed by atoms with Crippen molar-refractivity contribution in [2.75, 3.05) is 30.8 Å². The molecule has 0 spiro atoms. The first kappa shape index (κ1) is 18.1. The molecule has 0 bridgehead atoms. The number of piperidine rings is 1. The summed E-state index contributed by atoms with van der Waals surface area (Å²) in [5, 5.41) is 12.9. The number of pyridine rings is 1. The van der Waals surface area contributed by atoms with Gasteiger partial charge in [0.25, 0.3) is 5.91 Å². The van der Waals surface area contributed by atoms with Crippen LogP contribution in [0.4, 0.5) is 5.82 Å². The van der Waals surface area contributed by atoms with Gasteiger partial charge in [0.15, 0.2) is 11.5 Å². The van der Waals surface area contributed by atoms with E-state index in [0.29, 0.717) is 29.5 Å². The van der Waals surface area contributed by atoms with Crippen molar-refractivity contribution in [2.45, 2.75) is 17.9 Å². The fourth-order valence-electron chi connectivity index (χ4n) is 3.05. The average molecular weight is 368 g/mol. The third-order valence-electron chi connectivity index (χ3n) is 4.46. The molecule has 3 rings (SSSR count). The number of aromatic nitrogens is 3. The maximum absolute atomic E-state index is 12.4. The highest BCUT2D eigenvalue weighted by Crippen LogP contribution is 2.23. The second-order valence-corrected chi connectivity index (χ2v) is 6.84. The van der Waals surface area contributed by atoms with Gasteiger partial charge in [-0.2, -0.15) is 5.26 Å². The minimum atomic E-state index is -0.0782. The summed E-state index contributed by atoms with van der Waals surface area (Å²) in [7, 11) is 0.